The highest BCUT2D eigenvalue weighted by Gasteiger charge is 2.16. The first-order valence-electron chi connectivity index (χ1n) is 5.83. The summed E-state index contributed by atoms with van der Waals surface area (Å²) in [5.41, 5.74) is 0.765. The number of hydrogen-bond acceptors (Lipinski definition) is 4. The number of carbonyl (C=O) groups excluding carboxylic acids is 1. The quantitative estimate of drug-likeness (QED) is 0.607. The summed E-state index contributed by atoms with van der Waals surface area (Å²) in [5, 5.41) is 2.07. The van der Waals surface area contributed by atoms with E-state index in [1.54, 1.807) is 11.3 Å². The Morgan fingerprint density at radius 3 is 2.74 bits per heavy atom. The van der Waals surface area contributed by atoms with E-state index in [-0.39, 0.29) is 5.78 Å². The summed E-state index contributed by atoms with van der Waals surface area (Å²) in [4.78, 5) is 15.7. The summed E-state index contributed by atoms with van der Waals surface area (Å²) in [6.07, 6.45) is 0. The number of hydrogen-bond donors (Lipinski definition) is 0. The topological polar surface area (TPSA) is 20.3 Å². The Balaban J connectivity index is 2.02. The molecule has 0 aromatic carbocycles. The van der Waals surface area contributed by atoms with Crippen LogP contribution in [0.5, 0.6) is 0 Å². The predicted octanol–water partition coefficient (Wildman–Crippen LogP) is 5.04. The molecule has 102 valence electrons. The van der Waals surface area contributed by atoms with E-state index in [2.05, 4.69) is 55.1 Å². The van der Waals surface area contributed by atoms with Crippen LogP contribution in [0.2, 0.25) is 0 Å². The van der Waals surface area contributed by atoms with Gasteiger partial charge in [-0.15, -0.1) is 22.7 Å². The van der Waals surface area contributed by atoms with E-state index in [4.69, 9.17) is 0 Å². The van der Waals surface area contributed by atoms with Gasteiger partial charge in [-0.1, -0.05) is 13.0 Å². The van der Waals surface area contributed by atoms with Gasteiger partial charge in [-0.3, -0.25) is 9.69 Å². The molecule has 2 rings (SSSR count). The van der Waals surface area contributed by atoms with Crippen LogP contribution in [-0.4, -0.2) is 23.8 Å². The molecule has 0 aliphatic heterocycles. The largest absolute Gasteiger partial charge is 0.293 e. The van der Waals surface area contributed by atoms with Gasteiger partial charge in [-0.25, -0.2) is 0 Å². The highest BCUT2D eigenvalue weighted by molar-refractivity contribution is 9.12. The van der Waals surface area contributed by atoms with Gasteiger partial charge < -0.3 is 0 Å². The van der Waals surface area contributed by atoms with Crippen molar-refractivity contribution in [2.45, 2.75) is 13.5 Å². The molecule has 0 saturated heterocycles. The van der Waals surface area contributed by atoms with Crippen LogP contribution in [0.3, 0.4) is 0 Å². The van der Waals surface area contributed by atoms with Gasteiger partial charge in [-0.05, 0) is 55.9 Å². The molecule has 0 aliphatic carbocycles. The molecule has 2 heterocycles. The number of ketones is 1. The van der Waals surface area contributed by atoms with Crippen molar-refractivity contribution in [3.63, 3.8) is 0 Å². The van der Waals surface area contributed by atoms with Crippen molar-refractivity contribution in [2.75, 3.05) is 13.1 Å². The summed E-state index contributed by atoms with van der Waals surface area (Å²) in [5.74, 6) is 0.159. The lowest BCUT2D eigenvalue weighted by Gasteiger charge is -2.18. The molecular formula is C13H13Br2NOS2. The van der Waals surface area contributed by atoms with Crippen LogP contribution in [0.4, 0.5) is 0 Å². The van der Waals surface area contributed by atoms with Crippen molar-refractivity contribution in [3.05, 3.63) is 41.6 Å². The summed E-state index contributed by atoms with van der Waals surface area (Å²) >= 11 is 10.1. The molecule has 0 N–H and O–H groups in total. The maximum Gasteiger partial charge on any atom is 0.178 e. The number of rotatable bonds is 6. The minimum absolute atomic E-state index is 0.159. The van der Waals surface area contributed by atoms with Crippen LogP contribution in [0, 0.1) is 0 Å². The monoisotopic (exact) mass is 421 g/mol. The van der Waals surface area contributed by atoms with E-state index in [0.29, 0.717) is 6.54 Å². The molecule has 0 amide bonds. The van der Waals surface area contributed by atoms with Gasteiger partial charge in [-0.2, -0.15) is 0 Å². The molecule has 0 fully saturated rings. The van der Waals surface area contributed by atoms with Gasteiger partial charge in [0.1, 0.15) is 0 Å². The fourth-order valence-corrected chi connectivity index (χ4v) is 5.32. The Bertz CT molecular complexity index is 551. The Kier molecular flexibility index (Phi) is 5.77. The van der Waals surface area contributed by atoms with Crippen LogP contribution in [0.15, 0.2) is 31.2 Å². The minimum atomic E-state index is 0.159. The van der Waals surface area contributed by atoms with E-state index in [0.717, 1.165) is 26.2 Å². The number of Topliss-reactive ketones (excluding diaryl/α,β-unsaturated/α-hetero) is 1. The maximum absolute atomic E-state index is 12.3. The third kappa shape index (κ3) is 4.23. The summed E-state index contributed by atoms with van der Waals surface area (Å²) in [6.45, 7) is 4.24. The molecule has 0 atom stereocenters. The lowest BCUT2D eigenvalue weighted by atomic mass is 10.2. The maximum atomic E-state index is 12.3. The fourth-order valence-electron chi connectivity index (χ4n) is 1.72. The minimum Gasteiger partial charge on any atom is -0.293 e. The molecule has 0 aliphatic rings. The number of carbonyl (C=O) groups is 1. The molecule has 6 heteroatoms. The first-order valence-corrected chi connectivity index (χ1v) is 9.11. The molecule has 0 radical (unpaired) electrons. The molecule has 2 aromatic heterocycles. The van der Waals surface area contributed by atoms with Crippen molar-refractivity contribution in [1.82, 2.24) is 4.90 Å². The lowest BCUT2D eigenvalue weighted by Crippen LogP contribution is -2.29. The molecule has 0 unspecified atom stereocenters. The third-order valence-electron chi connectivity index (χ3n) is 2.73. The second-order valence-electron chi connectivity index (χ2n) is 4.04. The summed E-state index contributed by atoms with van der Waals surface area (Å²) in [6, 6.07) is 6.03. The summed E-state index contributed by atoms with van der Waals surface area (Å²) in [7, 11) is 0. The average Bonchev–Trinajstić information content (AvgIpc) is 2.98. The zero-order chi connectivity index (χ0) is 13.8. The number of halogens is 2. The van der Waals surface area contributed by atoms with Crippen LogP contribution in [-0.2, 0) is 6.54 Å². The van der Waals surface area contributed by atoms with E-state index < -0.39 is 0 Å². The Labute approximate surface area is 137 Å². The van der Waals surface area contributed by atoms with Crippen LogP contribution >= 0.6 is 54.5 Å². The summed E-state index contributed by atoms with van der Waals surface area (Å²) < 4.78 is 1.88. The smallest absolute Gasteiger partial charge is 0.178 e. The molecule has 19 heavy (non-hydrogen) atoms. The Hall–Kier alpha value is -0.0100. The molecule has 0 saturated carbocycles. The van der Waals surface area contributed by atoms with Crippen molar-refractivity contribution < 1.29 is 4.79 Å². The Morgan fingerprint density at radius 2 is 2.21 bits per heavy atom. The SMILES string of the molecule is CCN(CC(=O)c1cc(Br)sc1Br)Cc1cccs1. The van der Waals surface area contributed by atoms with Crippen molar-refractivity contribution in [2.24, 2.45) is 0 Å². The molecule has 2 aromatic rings. The zero-order valence-corrected chi connectivity index (χ0v) is 15.2. The van der Waals surface area contributed by atoms with Gasteiger partial charge in [0.05, 0.1) is 14.1 Å². The number of nitrogens with zero attached hydrogens (tertiary/aromatic N) is 1. The van der Waals surface area contributed by atoms with Gasteiger partial charge in [0.25, 0.3) is 0 Å². The first-order chi connectivity index (χ1) is 9.10. The highest BCUT2D eigenvalue weighted by atomic mass is 79.9. The second kappa shape index (κ2) is 7.13. The average molecular weight is 423 g/mol. The fraction of sp³-hybridized carbons (Fsp3) is 0.308. The van der Waals surface area contributed by atoms with E-state index in [9.17, 15) is 4.79 Å². The number of thiophene rings is 2. The van der Waals surface area contributed by atoms with Crippen molar-refractivity contribution >= 4 is 60.3 Å². The van der Waals surface area contributed by atoms with E-state index in [1.165, 1.54) is 16.2 Å². The molecule has 0 spiro atoms. The van der Waals surface area contributed by atoms with Gasteiger partial charge in [0.2, 0.25) is 0 Å². The molecule has 0 bridgehead atoms. The van der Waals surface area contributed by atoms with Crippen LogP contribution in [0.1, 0.15) is 22.2 Å². The molecular weight excluding hydrogens is 410 g/mol. The van der Waals surface area contributed by atoms with E-state index in [1.807, 2.05) is 12.1 Å². The van der Waals surface area contributed by atoms with Crippen molar-refractivity contribution in [3.8, 4) is 0 Å². The predicted molar refractivity (Wildman–Crippen MR) is 89.3 cm³/mol. The van der Waals surface area contributed by atoms with Gasteiger partial charge in [0, 0.05) is 17.0 Å². The Morgan fingerprint density at radius 1 is 1.42 bits per heavy atom. The number of likely N-dealkylation sites (N-methyl/N-ethyl adjacent to an activating group) is 1. The highest BCUT2D eigenvalue weighted by Crippen LogP contribution is 2.32. The first kappa shape index (κ1) is 15.4. The van der Waals surface area contributed by atoms with Crippen LogP contribution < -0.4 is 0 Å². The van der Waals surface area contributed by atoms with Gasteiger partial charge in [0.15, 0.2) is 5.78 Å². The zero-order valence-electron chi connectivity index (χ0n) is 10.4. The van der Waals surface area contributed by atoms with Gasteiger partial charge >= 0.3 is 0 Å². The third-order valence-corrected chi connectivity index (χ3v) is 5.93. The van der Waals surface area contributed by atoms with Crippen molar-refractivity contribution in [1.29, 1.82) is 0 Å². The molecule has 2 nitrogen and oxygen atoms in total. The van der Waals surface area contributed by atoms with Crippen LogP contribution in [0.25, 0.3) is 0 Å². The standard InChI is InChI=1S/C13H13Br2NOS2/c1-2-16(7-9-4-3-5-18-9)8-11(17)10-6-12(14)19-13(10)15/h3-6H,2,7-8H2,1H3. The second-order valence-corrected chi connectivity index (χ2v) is 8.83. The normalized spacial score (nSPS) is 11.2. The van der Waals surface area contributed by atoms with E-state index >= 15 is 0 Å². The lowest BCUT2D eigenvalue weighted by molar-refractivity contribution is 0.0930.